The van der Waals surface area contributed by atoms with E-state index < -0.39 is 104 Å². The van der Waals surface area contributed by atoms with E-state index in [-0.39, 0.29) is 39.5 Å². The first-order valence-electron chi connectivity index (χ1n) is 18.6. The molecule has 2 aliphatic rings. The van der Waals surface area contributed by atoms with E-state index in [0.717, 1.165) is 38.8 Å². The van der Waals surface area contributed by atoms with Crippen molar-refractivity contribution in [2.24, 2.45) is 0 Å². The van der Waals surface area contributed by atoms with Gasteiger partial charge in [-0.15, -0.1) is 0 Å². The second kappa shape index (κ2) is 22.1. The van der Waals surface area contributed by atoms with E-state index in [0.29, 0.717) is 0 Å². The molecule has 59 heavy (non-hydrogen) atoms. The first kappa shape index (κ1) is 47.0. The van der Waals surface area contributed by atoms with E-state index in [1.165, 1.54) is 0 Å². The SMILES string of the molecule is CC(=O)N[C@@H]1[C@@H](OCCCNC(=O)C(F)(F)F)O[C@@H](COCc2ccccc2)[C@H](OC2(O)[C@@H](OC(C)=O)CO[C@H](COCc3ccccc3)[C@@H]2OC(C)=O)[C@H]1OC(C)=O. The highest BCUT2D eigenvalue weighted by Gasteiger charge is 2.61. The topological polar surface area (TPSA) is 213 Å². The van der Waals surface area contributed by atoms with Crippen LogP contribution >= 0.6 is 0 Å². The third-order valence-electron chi connectivity index (χ3n) is 8.85. The van der Waals surface area contributed by atoms with Crippen LogP contribution in [0.25, 0.3) is 0 Å². The van der Waals surface area contributed by atoms with Crippen LogP contribution in [0.5, 0.6) is 0 Å². The minimum Gasteiger partial charge on any atom is -0.457 e. The van der Waals surface area contributed by atoms with Crippen LogP contribution in [0.2, 0.25) is 0 Å². The number of hydrogen-bond donors (Lipinski definition) is 3. The Balaban J connectivity index is 1.71. The second-order valence-corrected chi connectivity index (χ2v) is 13.7. The van der Waals surface area contributed by atoms with Gasteiger partial charge in [-0.3, -0.25) is 24.0 Å². The minimum absolute atomic E-state index is 0.0241. The number of carbonyl (C=O) groups is 5. The molecule has 2 saturated heterocycles. The highest BCUT2D eigenvalue weighted by Crippen LogP contribution is 2.38. The number of benzene rings is 2. The van der Waals surface area contributed by atoms with Gasteiger partial charge in [-0.1, -0.05) is 60.7 Å². The van der Waals surface area contributed by atoms with Crippen molar-refractivity contribution in [3.63, 3.8) is 0 Å². The van der Waals surface area contributed by atoms with Crippen LogP contribution in [0, 0.1) is 0 Å². The Hall–Kier alpha value is -4.70. The molecule has 3 N–H and O–H groups in total. The van der Waals surface area contributed by atoms with Gasteiger partial charge in [-0.25, -0.2) is 0 Å². The third kappa shape index (κ3) is 14.2. The standard InChI is InChI=1S/C39H49F3N2O15/c1-23(45)44-32-34(56-25(3)47)33(29(20-51-18-27-12-7-5-8-13-27)58-36(32)53-17-11-16-43-37(49)39(40,41)42)59-38(50)31(55-24(2)46)22-54-30(35(38)57-26(4)48)21-52-19-28-14-9-6-10-15-28/h5-10,12-15,29-36,50H,11,16-22H2,1-4H3,(H,43,49)(H,44,45)/t29-,30+,31-,32-,33-,34-,35-,36-,38?/m0/s1. The molecule has 326 valence electrons. The Labute approximate surface area is 338 Å². The van der Waals surface area contributed by atoms with Gasteiger partial charge in [-0.2, -0.15) is 13.2 Å². The molecular weight excluding hydrogens is 793 g/mol. The molecule has 2 aliphatic heterocycles. The van der Waals surface area contributed by atoms with Crippen molar-refractivity contribution in [3.8, 4) is 0 Å². The number of halogens is 3. The highest BCUT2D eigenvalue weighted by atomic mass is 19.4. The summed E-state index contributed by atoms with van der Waals surface area (Å²) in [5, 5.41) is 17.0. The molecule has 0 bridgehead atoms. The lowest BCUT2D eigenvalue weighted by molar-refractivity contribution is -0.392. The van der Waals surface area contributed by atoms with E-state index in [1.807, 2.05) is 18.2 Å². The van der Waals surface area contributed by atoms with Crippen LogP contribution in [-0.4, -0.2) is 129 Å². The zero-order valence-corrected chi connectivity index (χ0v) is 32.8. The largest absolute Gasteiger partial charge is 0.471 e. The first-order valence-corrected chi connectivity index (χ1v) is 18.6. The number of nitrogens with one attached hydrogen (secondary N) is 2. The number of esters is 3. The molecule has 2 heterocycles. The summed E-state index contributed by atoms with van der Waals surface area (Å²) in [6.45, 7) is 2.54. The summed E-state index contributed by atoms with van der Waals surface area (Å²) < 4.78 is 91.3. The van der Waals surface area contributed by atoms with Crippen LogP contribution in [0.4, 0.5) is 13.2 Å². The molecule has 0 spiro atoms. The summed E-state index contributed by atoms with van der Waals surface area (Å²) in [6, 6.07) is 16.6. The molecule has 0 radical (unpaired) electrons. The van der Waals surface area contributed by atoms with Crippen LogP contribution in [0.15, 0.2) is 60.7 Å². The summed E-state index contributed by atoms with van der Waals surface area (Å²) in [4.78, 5) is 61.7. The predicted octanol–water partition coefficient (Wildman–Crippen LogP) is 2.00. The fourth-order valence-electron chi connectivity index (χ4n) is 6.37. The average Bonchev–Trinajstić information content (AvgIpc) is 3.16. The molecule has 2 aromatic carbocycles. The van der Waals surface area contributed by atoms with E-state index in [9.17, 15) is 42.3 Å². The van der Waals surface area contributed by atoms with Gasteiger partial charge in [0, 0.05) is 34.2 Å². The van der Waals surface area contributed by atoms with E-state index in [4.69, 9.17) is 42.6 Å². The number of hydrogen-bond acceptors (Lipinski definition) is 15. The van der Waals surface area contributed by atoms with Crippen LogP contribution in [-0.2, 0) is 79.8 Å². The van der Waals surface area contributed by atoms with E-state index >= 15 is 0 Å². The van der Waals surface area contributed by atoms with Gasteiger partial charge in [0.25, 0.3) is 0 Å². The Morgan fingerprint density at radius 3 is 1.88 bits per heavy atom. The maximum absolute atomic E-state index is 12.8. The molecular formula is C39H49F3N2O15. The van der Waals surface area contributed by atoms with Gasteiger partial charge >= 0.3 is 30.0 Å². The number of aliphatic hydroxyl groups is 1. The maximum atomic E-state index is 12.8. The summed E-state index contributed by atoms with van der Waals surface area (Å²) >= 11 is 0. The summed E-state index contributed by atoms with van der Waals surface area (Å²) in [5.41, 5.74) is 1.54. The van der Waals surface area contributed by atoms with Crippen molar-refractivity contribution in [1.82, 2.24) is 10.6 Å². The van der Waals surface area contributed by atoms with Crippen LogP contribution < -0.4 is 10.6 Å². The average molecular weight is 843 g/mol. The Morgan fingerprint density at radius 2 is 1.36 bits per heavy atom. The smallest absolute Gasteiger partial charge is 0.457 e. The molecule has 2 aromatic rings. The molecule has 4 rings (SSSR count). The lowest BCUT2D eigenvalue weighted by Crippen LogP contribution is -2.72. The van der Waals surface area contributed by atoms with Gasteiger partial charge in [-0.05, 0) is 17.5 Å². The van der Waals surface area contributed by atoms with Crippen LogP contribution in [0.3, 0.4) is 0 Å². The number of rotatable bonds is 19. The highest BCUT2D eigenvalue weighted by molar-refractivity contribution is 5.81. The van der Waals surface area contributed by atoms with Gasteiger partial charge in [0.05, 0.1) is 39.6 Å². The van der Waals surface area contributed by atoms with Gasteiger partial charge in [0.2, 0.25) is 11.7 Å². The predicted molar refractivity (Wildman–Crippen MR) is 194 cm³/mol. The fraction of sp³-hybridized carbons (Fsp3) is 0.564. The quantitative estimate of drug-likeness (QED) is 0.0799. The first-order chi connectivity index (χ1) is 28.0. The molecule has 20 heteroatoms. The maximum Gasteiger partial charge on any atom is 0.471 e. The van der Waals surface area contributed by atoms with E-state index in [1.54, 1.807) is 47.8 Å². The number of alkyl halides is 3. The van der Waals surface area contributed by atoms with Crippen molar-refractivity contribution in [3.05, 3.63) is 71.8 Å². The zero-order chi connectivity index (χ0) is 43.2. The summed E-state index contributed by atoms with van der Waals surface area (Å²) in [6.07, 6.45) is -16.0. The second-order valence-electron chi connectivity index (χ2n) is 13.7. The van der Waals surface area contributed by atoms with Crippen molar-refractivity contribution < 1.29 is 84.9 Å². The van der Waals surface area contributed by atoms with Gasteiger partial charge in [0.1, 0.15) is 24.4 Å². The molecule has 2 amide bonds. The number of ether oxygens (including phenoxy) is 9. The van der Waals surface area contributed by atoms with Crippen molar-refractivity contribution in [2.75, 3.05) is 33.0 Å². The molecule has 9 atom stereocenters. The fourth-order valence-corrected chi connectivity index (χ4v) is 6.37. The lowest BCUT2D eigenvalue weighted by atomic mass is 9.92. The summed E-state index contributed by atoms with van der Waals surface area (Å²) in [5.74, 6) is -8.27. The zero-order valence-electron chi connectivity index (χ0n) is 32.8. The van der Waals surface area contributed by atoms with Gasteiger partial charge < -0.3 is 58.4 Å². The van der Waals surface area contributed by atoms with Crippen molar-refractivity contribution in [2.45, 2.75) is 108 Å². The lowest BCUT2D eigenvalue weighted by Gasteiger charge is -2.51. The molecule has 0 aliphatic carbocycles. The number of carbonyl (C=O) groups excluding carboxylic acids is 5. The molecule has 0 aromatic heterocycles. The molecule has 2 fully saturated rings. The molecule has 0 saturated carbocycles. The summed E-state index contributed by atoms with van der Waals surface area (Å²) in [7, 11) is 0. The normalized spacial score (nSPS) is 26.9. The monoisotopic (exact) mass is 842 g/mol. The van der Waals surface area contributed by atoms with E-state index in [2.05, 4.69) is 5.32 Å². The van der Waals surface area contributed by atoms with Crippen molar-refractivity contribution >= 4 is 29.7 Å². The Morgan fingerprint density at radius 1 is 0.797 bits per heavy atom. The third-order valence-corrected chi connectivity index (χ3v) is 8.85. The Bertz CT molecular complexity index is 1690. The Kier molecular flexibility index (Phi) is 17.6. The minimum atomic E-state index is -5.10. The molecule has 1 unspecified atom stereocenters. The molecule has 17 nitrogen and oxygen atoms in total. The van der Waals surface area contributed by atoms with Gasteiger partial charge in [0.15, 0.2) is 24.6 Å². The van der Waals surface area contributed by atoms with Crippen molar-refractivity contribution in [1.29, 1.82) is 0 Å². The van der Waals surface area contributed by atoms with Crippen LogP contribution in [0.1, 0.15) is 45.2 Å². The number of amides is 2.